The van der Waals surface area contributed by atoms with Gasteiger partial charge in [-0.05, 0) is 37.4 Å². The highest BCUT2D eigenvalue weighted by atomic mass is 16.5. The number of carbonyl (C=O) groups is 1. The molecule has 2 rings (SSSR count). The Labute approximate surface area is 127 Å². The van der Waals surface area contributed by atoms with E-state index in [1.807, 2.05) is 12.1 Å². The average molecular weight is 290 g/mol. The summed E-state index contributed by atoms with van der Waals surface area (Å²) in [5.74, 6) is -0.342. The SMILES string of the molecule is CCC1CCCCCN1Cc1cccc(N)c1C(=O)OC. The predicted octanol–water partition coefficient (Wildman–Crippen LogP) is 3.21. The van der Waals surface area contributed by atoms with Crippen LogP contribution in [0.4, 0.5) is 5.69 Å². The molecule has 1 aromatic carbocycles. The molecule has 0 spiro atoms. The van der Waals surface area contributed by atoms with Gasteiger partial charge in [0.2, 0.25) is 0 Å². The van der Waals surface area contributed by atoms with Crippen molar-refractivity contribution in [2.24, 2.45) is 0 Å². The van der Waals surface area contributed by atoms with E-state index in [0.717, 1.165) is 25.1 Å². The lowest BCUT2D eigenvalue weighted by Gasteiger charge is -2.29. The van der Waals surface area contributed by atoms with Gasteiger partial charge in [0.25, 0.3) is 0 Å². The molecule has 1 fully saturated rings. The average Bonchev–Trinajstić information content (AvgIpc) is 2.71. The van der Waals surface area contributed by atoms with Crippen LogP contribution in [0.3, 0.4) is 0 Å². The molecular formula is C17H26N2O2. The number of ether oxygens (including phenoxy) is 1. The van der Waals surface area contributed by atoms with Gasteiger partial charge in [-0.3, -0.25) is 4.90 Å². The van der Waals surface area contributed by atoms with Crippen LogP contribution in [0.5, 0.6) is 0 Å². The van der Waals surface area contributed by atoms with Crippen molar-refractivity contribution < 1.29 is 9.53 Å². The standard InChI is InChI=1S/C17H26N2O2/c1-3-14-9-5-4-6-11-19(14)12-13-8-7-10-15(18)16(13)17(20)21-2/h7-8,10,14H,3-6,9,11-12,18H2,1-2H3. The zero-order valence-corrected chi connectivity index (χ0v) is 13.1. The number of nitrogens with zero attached hydrogens (tertiary/aromatic N) is 1. The molecule has 1 aromatic rings. The molecule has 0 aliphatic carbocycles. The number of rotatable bonds is 4. The molecule has 1 saturated heterocycles. The van der Waals surface area contributed by atoms with Gasteiger partial charge in [-0.15, -0.1) is 0 Å². The number of methoxy groups -OCH3 is 1. The zero-order chi connectivity index (χ0) is 15.2. The summed E-state index contributed by atoms with van der Waals surface area (Å²) in [5, 5.41) is 0. The maximum atomic E-state index is 12.0. The third-order valence-corrected chi connectivity index (χ3v) is 4.42. The number of anilines is 1. The van der Waals surface area contributed by atoms with Gasteiger partial charge >= 0.3 is 5.97 Å². The Balaban J connectivity index is 2.25. The van der Waals surface area contributed by atoms with Gasteiger partial charge in [0.05, 0.1) is 12.7 Å². The number of carbonyl (C=O) groups excluding carboxylic acids is 1. The number of nitrogen functional groups attached to an aromatic ring is 1. The van der Waals surface area contributed by atoms with Gasteiger partial charge in [-0.1, -0.05) is 31.9 Å². The number of esters is 1. The van der Waals surface area contributed by atoms with Crippen molar-refractivity contribution in [2.45, 2.75) is 51.6 Å². The first-order chi connectivity index (χ1) is 10.2. The van der Waals surface area contributed by atoms with Crippen LogP contribution in [0.2, 0.25) is 0 Å². The summed E-state index contributed by atoms with van der Waals surface area (Å²) >= 11 is 0. The Bertz CT molecular complexity index is 488. The van der Waals surface area contributed by atoms with Crippen molar-refractivity contribution in [3.63, 3.8) is 0 Å². The molecule has 0 aromatic heterocycles. The number of hydrogen-bond acceptors (Lipinski definition) is 4. The minimum absolute atomic E-state index is 0.342. The number of hydrogen-bond donors (Lipinski definition) is 1. The zero-order valence-electron chi connectivity index (χ0n) is 13.1. The Morgan fingerprint density at radius 2 is 2.19 bits per heavy atom. The molecule has 1 heterocycles. The lowest BCUT2D eigenvalue weighted by molar-refractivity contribution is 0.0598. The minimum Gasteiger partial charge on any atom is -0.465 e. The highest BCUT2D eigenvalue weighted by Crippen LogP contribution is 2.25. The van der Waals surface area contributed by atoms with Crippen LogP contribution in [-0.2, 0) is 11.3 Å². The van der Waals surface area contributed by atoms with Gasteiger partial charge < -0.3 is 10.5 Å². The van der Waals surface area contributed by atoms with Crippen molar-refractivity contribution in [2.75, 3.05) is 19.4 Å². The number of benzene rings is 1. The summed E-state index contributed by atoms with van der Waals surface area (Å²) in [6.07, 6.45) is 6.22. The fraction of sp³-hybridized carbons (Fsp3) is 0.588. The first-order valence-electron chi connectivity index (χ1n) is 7.87. The summed E-state index contributed by atoms with van der Waals surface area (Å²) in [6, 6.07) is 6.26. The Morgan fingerprint density at radius 3 is 2.90 bits per heavy atom. The monoisotopic (exact) mass is 290 g/mol. The van der Waals surface area contributed by atoms with Crippen LogP contribution in [0.15, 0.2) is 18.2 Å². The third-order valence-electron chi connectivity index (χ3n) is 4.42. The van der Waals surface area contributed by atoms with E-state index in [9.17, 15) is 4.79 Å². The molecule has 1 atom stereocenters. The Morgan fingerprint density at radius 1 is 1.38 bits per heavy atom. The van der Waals surface area contributed by atoms with Crippen molar-refractivity contribution in [3.05, 3.63) is 29.3 Å². The molecule has 1 aliphatic rings. The van der Waals surface area contributed by atoms with Gasteiger partial charge in [0, 0.05) is 18.3 Å². The molecule has 4 nitrogen and oxygen atoms in total. The largest absolute Gasteiger partial charge is 0.465 e. The molecule has 4 heteroatoms. The smallest absolute Gasteiger partial charge is 0.340 e. The van der Waals surface area contributed by atoms with Gasteiger partial charge in [0.15, 0.2) is 0 Å². The summed E-state index contributed by atoms with van der Waals surface area (Å²) in [5.41, 5.74) is 7.98. The third kappa shape index (κ3) is 3.76. The van der Waals surface area contributed by atoms with E-state index in [1.165, 1.54) is 32.8 Å². The molecule has 1 aliphatic heterocycles. The van der Waals surface area contributed by atoms with Crippen LogP contribution in [0.1, 0.15) is 54.9 Å². The van der Waals surface area contributed by atoms with Gasteiger partial charge in [-0.2, -0.15) is 0 Å². The van der Waals surface area contributed by atoms with Crippen molar-refractivity contribution in [3.8, 4) is 0 Å². The van der Waals surface area contributed by atoms with Crippen LogP contribution in [0, 0.1) is 0 Å². The summed E-state index contributed by atoms with van der Waals surface area (Å²) in [7, 11) is 1.40. The Kier molecular flexibility index (Phi) is 5.62. The van der Waals surface area contributed by atoms with Crippen molar-refractivity contribution >= 4 is 11.7 Å². The fourth-order valence-electron chi connectivity index (χ4n) is 3.23. The molecule has 0 amide bonds. The molecule has 2 N–H and O–H groups in total. The summed E-state index contributed by atoms with van der Waals surface area (Å²) in [4.78, 5) is 14.5. The second-order valence-electron chi connectivity index (χ2n) is 5.75. The van der Waals surface area contributed by atoms with Crippen LogP contribution in [-0.4, -0.2) is 30.6 Å². The maximum absolute atomic E-state index is 12.0. The molecule has 0 bridgehead atoms. The first kappa shape index (κ1) is 15.8. The molecular weight excluding hydrogens is 264 g/mol. The molecule has 0 saturated carbocycles. The number of nitrogens with two attached hydrogens (primary N) is 1. The molecule has 1 unspecified atom stereocenters. The summed E-state index contributed by atoms with van der Waals surface area (Å²) < 4.78 is 4.89. The van der Waals surface area contributed by atoms with Gasteiger partial charge in [0.1, 0.15) is 0 Å². The first-order valence-corrected chi connectivity index (χ1v) is 7.87. The van der Waals surface area contributed by atoms with E-state index in [0.29, 0.717) is 17.3 Å². The van der Waals surface area contributed by atoms with E-state index in [2.05, 4.69) is 11.8 Å². The predicted molar refractivity (Wildman–Crippen MR) is 85.2 cm³/mol. The normalized spacial score (nSPS) is 20.0. The van der Waals surface area contributed by atoms with E-state index >= 15 is 0 Å². The van der Waals surface area contributed by atoms with Crippen LogP contribution in [0.25, 0.3) is 0 Å². The molecule has 21 heavy (non-hydrogen) atoms. The quantitative estimate of drug-likeness (QED) is 0.683. The Hall–Kier alpha value is -1.55. The van der Waals surface area contributed by atoms with Crippen LogP contribution < -0.4 is 5.73 Å². The van der Waals surface area contributed by atoms with E-state index in [-0.39, 0.29) is 5.97 Å². The summed E-state index contributed by atoms with van der Waals surface area (Å²) in [6.45, 7) is 4.10. The van der Waals surface area contributed by atoms with Crippen molar-refractivity contribution in [1.29, 1.82) is 0 Å². The van der Waals surface area contributed by atoms with Crippen LogP contribution >= 0.6 is 0 Å². The fourth-order valence-corrected chi connectivity index (χ4v) is 3.23. The number of likely N-dealkylation sites (tertiary alicyclic amines) is 1. The second-order valence-corrected chi connectivity index (χ2v) is 5.75. The topological polar surface area (TPSA) is 55.6 Å². The minimum atomic E-state index is -0.342. The van der Waals surface area contributed by atoms with E-state index < -0.39 is 0 Å². The second kappa shape index (κ2) is 7.46. The van der Waals surface area contributed by atoms with E-state index in [1.54, 1.807) is 6.07 Å². The highest BCUT2D eigenvalue weighted by Gasteiger charge is 2.22. The van der Waals surface area contributed by atoms with E-state index in [4.69, 9.17) is 10.5 Å². The highest BCUT2D eigenvalue weighted by molar-refractivity contribution is 5.96. The lowest BCUT2D eigenvalue weighted by atomic mass is 10.0. The molecule has 0 radical (unpaired) electrons. The lowest BCUT2D eigenvalue weighted by Crippen LogP contribution is -2.34. The van der Waals surface area contributed by atoms with Crippen molar-refractivity contribution in [1.82, 2.24) is 4.90 Å². The van der Waals surface area contributed by atoms with Gasteiger partial charge in [-0.25, -0.2) is 4.79 Å². The maximum Gasteiger partial charge on any atom is 0.340 e. The molecule has 116 valence electrons.